The number of hydrogen-bond donors (Lipinski definition) is 0. The first kappa shape index (κ1) is 15.0. The average Bonchev–Trinajstić information content (AvgIpc) is 2.85. The van der Waals surface area contributed by atoms with Crippen molar-refractivity contribution in [2.24, 2.45) is 0 Å². The topological polar surface area (TPSA) is 0 Å². The predicted molar refractivity (Wildman–Crippen MR) is 96.5 cm³/mol. The minimum absolute atomic E-state index is 0.767. The van der Waals surface area contributed by atoms with Crippen LogP contribution in [-0.4, -0.2) is 22.3 Å². The summed E-state index contributed by atoms with van der Waals surface area (Å²) in [6.45, 7) is 15.8. The molecule has 0 atom stereocenters. The van der Waals surface area contributed by atoms with E-state index in [4.69, 9.17) is 0 Å². The third-order valence-electron chi connectivity index (χ3n) is 5.03. The molecule has 0 aromatic heterocycles. The summed E-state index contributed by atoms with van der Waals surface area (Å²) in [5.74, 6) is 0. The molecule has 2 aliphatic carbocycles. The molecule has 19 heavy (non-hydrogen) atoms. The Morgan fingerprint density at radius 1 is 0.526 bits per heavy atom. The summed E-state index contributed by atoms with van der Waals surface area (Å²) in [6.07, 6.45) is 19.2. The van der Waals surface area contributed by atoms with Crippen LogP contribution in [0.15, 0.2) is 48.6 Å². The van der Waals surface area contributed by atoms with Gasteiger partial charge in [0.05, 0.1) is 7.11 Å². The molecule has 0 aromatic carbocycles. The molecule has 0 aromatic rings. The maximum Gasteiger partial charge on any atom is 0.0650 e. The summed E-state index contributed by atoms with van der Waals surface area (Å²) < 4.78 is 0. The molecule has 0 N–H and O–H groups in total. The average molecular weight is 305 g/mol. The van der Waals surface area contributed by atoms with Crippen LogP contribution in [0, 0.1) is 0 Å². The van der Waals surface area contributed by atoms with Crippen LogP contribution in [-0.2, 0) is 0 Å². The van der Waals surface area contributed by atoms with Crippen molar-refractivity contribution in [2.75, 3.05) is 0 Å². The molecular formula is C16H28Si3. The summed E-state index contributed by atoms with van der Waals surface area (Å²) in [4.78, 5) is 0. The van der Waals surface area contributed by atoms with E-state index in [1.54, 1.807) is 0 Å². The van der Waals surface area contributed by atoms with E-state index in [2.05, 4.69) is 87.9 Å². The molecule has 0 aliphatic heterocycles. The van der Waals surface area contributed by atoms with E-state index in [1.807, 2.05) is 0 Å². The van der Waals surface area contributed by atoms with Gasteiger partial charge in [0.25, 0.3) is 0 Å². The molecule has 2 aliphatic rings. The van der Waals surface area contributed by atoms with Crippen LogP contribution in [0.3, 0.4) is 0 Å². The smallest absolute Gasteiger partial charge is 0.0650 e. The van der Waals surface area contributed by atoms with Crippen molar-refractivity contribution in [3.63, 3.8) is 0 Å². The maximum atomic E-state index is 2.64. The second-order valence-corrected chi connectivity index (χ2v) is 35.5. The lowest BCUT2D eigenvalue weighted by atomic mass is 10.4. The summed E-state index contributed by atoms with van der Waals surface area (Å²) in [7, 11) is -3.82. The lowest BCUT2D eigenvalue weighted by molar-refractivity contribution is 1.22. The van der Waals surface area contributed by atoms with E-state index >= 15 is 0 Å². The maximum absolute atomic E-state index is 2.64. The Morgan fingerprint density at radius 2 is 0.789 bits per heavy atom. The van der Waals surface area contributed by atoms with Gasteiger partial charge < -0.3 is 0 Å². The van der Waals surface area contributed by atoms with E-state index < -0.39 is 22.3 Å². The number of allylic oxidation sites excluding steroid dienone is 8. The van der Waals surface area contributed by atoms with E-state index in [-0.39, 0.29) is 0 Å². The first-order valence-electron chi connectivity index (χ1n) is 7.41. The van der Waals surface area contributed by atoms with Gasteiger partial charge in [-0.25, -0.2) is 0 Å². The van der Waals surface area contributed by atoms with Gasteiger partial charge in [-0.05, 0) is 11.1 Å². The van der Waals surface area contributed by atoms with Crippen LogP contribution in [0.4, 0.5) is 0 Å². The van der Waals surface area contributed by atoms with Crippen molar-refractivity contribution in [3.05, 3.63) is 48.6 Å². The van der Waals surface area contributed by atoms with E-state index in [1.165, 1.54) is 0 Å². The molecule has 0 bridgehead atoms. The predicted octanol–water partition coefficient (Wildman–Crippen LogP) is 5.26. The molecule has 0 unspecified atom stereocenters. The van der Waals surface area contributed by atoms with Crippen molar-refractivity contribution in [1.29, 1.82) is 0 Å². The molecule has 0 nitrogen and oxygen atoms in total. The molecular weight excluding hydrogens is 276 g/mol. The van der Waals surface area contributed by atoms with Crippen molar-refractivity contribution in [1.82, 2.24) is 0 Å². The third kappa shape index (κ3) is 2.26. The Morgan fingerprint density at radius 3 is 1.00 bits per heavy atom. The van der Waals surface area contributed by atoms with Gasteiger partial charge in [-0.15, -0.1) is 0 Å². The Bertz CT molecular complexity index is 387. The van der Waals surface area contributed by atoms with E-state index in [9.17, 15) is 0 Å². The molecule has 0 saturated carbocycles. The zero-order chi connectivity index (χ0) is 14.3. The van der Waals surface area contributed by atoms with Crippen LogP contribution < -0.4 is 0 Å². The molecule has 0 fully saturated rings. The minimum Gasteiger partial charge on any atom is -0.0808 e. The molecule has 104 valence electrons. The van der Waals surface area contributed by atoms with Crippen LogP contribution >= 0.6 is 0 Å². The van der Waals surface area contributed by atoms with Gasteiger partial charge in [-0.1, -0.05) is 87.9 Å². The summed E-state index contributed by atoms with van der Waals surface area (Å²) in [5, 5.41) is 0. The van der Waals surface area contributed by atoms with Crippen molar-refractivity contribution >= 4 is 22.3 Å². The largest absolute Gasteiger partial charge is 0.0808 e. The van der Waals surface area contributed by atoms with Crippen molar-refractivity contribution < 1.29 is 0 Å². The van der Waals surface area contributed by atoms with Crippen LogP contribution in [0.2, 0.25) is 50.4 Å². The van der Waals surface area contributed by atoms with Gasteiger partial charge in [0.15, 0.2) is 0 Å². The highest BCUT2D eigenvalue weighted by atomic mass is 29.6. The van der Waals surface area contributed by atoms with E-state index in [0.29, 0.717) is 0 Å². The highest BCUT2D eigenvalue weighted by molar-refractivity contribution is 7.70. The molecule has 0 spiro atoms. The number of hydrogen-bond acceptors (Lipinski definition) is 0. The van der Waals surface area contributed by atoms with Crippen molar-refractivity contribution in [2.45, 2.75) is 50.4 Å². The normalized spacial score (nSPS) is 20.9. The first-order valence-corrected chi connectivity index (χ1v) is 18.6. The summed E-state index contributed by atoms with van der Waals surface area (Å²) in [6, 6.07) is 0. The second kappa shape index (κ2) is 4.86. The SMILES string of the molecule is C[Si](C)(C)[Si](C1C=CC=C1)(C1C=CC=C1)[Si](C)(C)C. The van der Waals surface area contributed by atoms with Gasteiger partial charge >= 0.3 is 0 Å². The first-order chi connectivity index (χ1) is 8.71. The lowest BCUT2D eigenvalue weighted by Crippen LogP contribution is -2.75. The second-order valence-electron chi connectivity index (χ2n) is 7.96. The van der Waals surface area contributed by atoms with Gasteiger partial charge in [0.1, 0.15) is 0 Å². The summed E-state index contributed by atoms with van der Waals surface area (Å²) >= 11 is 0. The zero-order valence-corrected chi connectivity index (χ0v) is 16.3. The fourth-order valence-corrected chi connectivity index (χ4v) is 54.5. The molecule has 2 rings (SSSR count). The molecule has 0 heterocycles. The zero-order valence-electron chi connectivity index (χ0n) is 13.3. The van der Waals surface area contributed by atoms with Crippen molar-refractivity contribution in [3.8, 4) is 0 Å². The highest BCUT2D eigenvalue weighted by Crippen LogP contribution is 2.50. The van der Waals surface area contributed by atoms with Crippen LogP contribution in [0.25, 0.3) is 0 Å². The lowest BCUT2D eigenvalue weighted by Gasteiger charge is -2.56. The standard InChI is InChI=1S/C16H28Si3/c1-17(2,3)19(18(4,5)6,15-11-7-8-12-15)16-13-9-10-14-16/h7-16H,1-6H3. The molecule has 0 radical (unpaired) electrons. The Hall–Kier alpha value is -0.389. The summed E-state index contributed by atoms with van der Waals surface area (Å²) in [5.41, 5.74) is 1.53. The fourth-order valence-electron chi connectivity index (χ4n) is 4.82. The quantitative estimate of drug-likeness (QED) is 0.621. The molecule has 3 heteroatoms. The van der Waals surface area contributed by atoms with Gasteiger partial charge in [0, 0.05) is 15.2 Å². The van der Waals surface area contributed by atoms with Gasteiger partial charge in [-0.3, -0.25) is 0 Å². The molecule has 0 amide bonds. The minimum atomic E-state index is -1.40. The molecule has 0 saturated heterocycles. The monoisotopic (exact) mass is 304 g/mol. The fraction of sp³-hybridized carbons (Fsp3) is 0.500. The Labute approximate surface area is 121 Å². The van der Waals surface area contributed by atoms with Gasteiger partial charge in [0.2, 0.25) is 0 Å². The van der Waals surface area contributed by atoms with Crippen LogP contribution in [0.1, 0.15) is 0 Å². The number of rotatable bonds is 4. The van der Waals surface area contributed by atoms with Crippen LogP contribution in [0.5, 0.6) is 0 Å². The third-order valence-corrected chi connectivity index (χ3v) is 45.3. The van der Waals surface area contributed by atoms with Gasteiger partial charge in [-0.2, -0.15) is 0 Å². The highest BCUT2D eigenvalue weighted by Gasteiger charge is 2.60. The van der Waals surface area contributed by atoms with E-state index in [0.717, 1.165) is 11.1 Å². The Balaban J connectivity index is 2.64. The Kier molecular flexibility index (Phi) is 3.84.